The first-order valence-electron chi connectivity index (χ1n) is 7.15. The van der Waals surface area contributed by atoms with Crippen molar-refractivity contribution in [1.29, 1.82) is 0 Å². The zero-order valence-electron chi connectivity index (χ0n) is 11.8. The number of anilines is 1. The van der Waals surface area contributed by atoms with Crippen LogP contribution in [0.25, 0.3) is 0 Å². The zero-order chi connectivity index (χ0) is 13.7. The molecule has 2 amide bonds. The third-order valence-electron chi connectivity index (χ3n) is 3.47. The smallest absolute Gasteiger partial charge is 0.321 e. The predicted molar refractivity (Wildman–Crippen MR) is 78.5 cm³/mol. The number of fused-ring (bicyclic) bond motifs is 1. The molecule has 0 spiro atoms. The molecule has 104 valence electrons. The molecule has 1 atom stereocenters. The number of nitrogens with one attached hydrogen (secondary N) is 2. The Morgan fingerprint density at radius 1 is 1.37 bits per heavy atom. The fourth-order valence-electron chi connectivity index (χ4n) is 2.56. The van der Waals surface area contributed by atoms with Gasteiger partial charge in [-0.1, -0.05) is 32.0 Å². The van der Waals surface area contributed by atoms with E-state index >= 15 is 0 Å². The number of amides is 2. The minimum absolute atomic E-state index is 0.0178. The molecular formula is C15H23N3O. The Bertz CT molecular complexity index is 433. The molecule has 4 heteroatoms. The van der Waals surface area contributed by atoms with Crippen molar-refractivity contribution in [3.8, 4) is 0 Å². The number of nitrogens with zero attached hydrogens (tertiary/aromatic N) is 1. The van der Waals surface area contributed by atoms with Crippen LogP contribution in [0.3, 0.4) is 0 Å². The van der Waals surface area contributed by atoms with Crippen LogP contribution in [0.1, 0.15) is 38.3 Å². The van der Waals surface area contributed by atoms with Crippen molar-refractivity contribution in [3.05, 3.63) is 29.8 Å². The second-order valence-corrected chi connectivity index (χ2v) is 4.84. The standard InChI is InChI=1S/C15H23N3O/c1-3-10-17-15(19)18-11-9-13(16-4-2)12-7-5-6-8-14(12)18/h5-8,13,16H,3-4,9-11H2,1-2H3,(H,17,19). The van der Waals surface area contributed by atoms with Crippen molar-refractivity contribution in [2.45, 2.75) is 32.7 Å². The highest BCUT2D eigenvalue weighted by Gasteiger charge is 2.27. The summed E-state index contributed by atoms with van der Waals surface area (Å²) < 4.78 is 0. The normalized spacial score (nSPS) is 18.0. The molecule has 0 saturated heterocycles. The highest BCUT2D eigenvalue weighted by molar-refractivity contribution is 5.93. The molecule has 1 aliphatic heterocycles. The maximum Gasteiger partial charge on any atom is 0.321 e. The Morgan fingerprint density at radius 2 is 2.16 bits per heavy atom. The van der Waals surface area contributed by atoms with Crippen LogP contribution in [0.15, 0.2) is 24.3 Å². The van der Waals surface area contributed by atoms with Crippen molar-refractivity contribution < 1.29 is 4.79 Å². The monoisotopic (exact) mass is 261 g/mol. The molecule has 0 fully saturated rings. The summed E-state index contributed by atoms with van der Waals surface area (Å²) in [5.74, 6) is 0. The Labute approximate surface area is 115 Å². The van der Waals surface area contributed by atoms with Crippen molar-refractivity contribution in [2.24, 2.45) is 0 Å². The van der Waals surface area contributed by atoms with Gasteiger partial charge in [0.15, 0.2) is 0 Å². The van der Waals surface area contributed by atoms with Crippen molar-refractivity contribution >= 4 is 11.7 Å². The second kappa shape index (κ2) is 6.57. The van der Waals surface area contributed by atoms with Crippen molar-refractivity contribution in [1.82, 2.24) is 10.6 Å². The van der Waals surface area contributed by atoms with Crippen molar-refractivity contribution in [2.75, 3.05) is 24.5 Å². The molecule has 2 N–H and O–H groups in total. The van der Waals surface area contributed by atoms with E-state index in [2.05, 4.69) is 30.5 Å². The van der Waals surface area contributed by atoms with Crippen molar-refractivity contribution in [3.63, 3.8) is 0 Å². The molecule has 1 aromatic carbocycles. The van der Waals surface area contributed by atoms with Gasteiger partial charge in [-0.25, -0.2) is 4.79 Å². The minimum atomic E-state index is 0.0178. The zero-order valence-corrected chi connectivity index (χ0v) is 11.8. The van der Waals surface area contributed by atoms with Gasteiger partial charge < -0.3 is 10.6 Å². The van der Waals surface area contributed by atoms with Gasteiger partial charge >= 0.3 is 6.03 Å². The highest BCUT2D eigenvalue weighted by Crippen LogP contribution is 2.33. The van der Waals surface area contributed by atoms with E-state index in [1.807, 2.05) is 23.1 Å². The number of hydrogen-bond donors (Lipinski definition) is 2. The molecule has 1 aromatic rings. The molecule has 0 aromatic heterocycles. The molecule has 2 rings (SSSR count). The maximum absolute atomic E-state index is 12.2. The van der Waals surface area contributed by atoms with E-state index in [9.17, 15) is 4.79 Å². The van der Waals surface area contributed by atoms with Crippen LogP contribution in [0.4, 0.5) is 10.5 Å². The molecule has 4 nitrogen and oxygen atoms in total. The van der Waals surface area contributed by atoms with Gasteiger partial charge in [0.25, 0.3) is 0 Å². The molecule has 1 heterocycles. The summed E-state index contributed by atoms with van der Waals surface area (Å²) in [6.45, 7) is 6.62. The van der Waals surface area contributed by atoms with E-state index in [1.54, 1.807) is 0 Å². The van der Waals surface area contributed by atoms with E-state index < -0.39 is 0 Å². The lowest BCUT2D eigenvalue weighted by atomic mass is 9.96. The van der Waals surface area contributed by atoms with Gasteiger partial charge in [0.2, 0.25) is 0 Å². The number of carbonyl (C=O) groups excluding carboxylic acids is 1. The fourth-order valence-corrected chi connectivity index (χ4v) is 2.56. The van der Waals surface area contributed by atoms with Gasteiger partial charge in [0.1, 0.15) is 0 Å². The van der Waals surface area contributed by atoms with E-state index in [0.29, 0.717) is 6.04 Å². The van der Waals surface area contributed by atoms with Crippen LogP contribution < -0.4 is 15.5 Å². The second-order valence-electron chi connectivity index (χ2n) is 4.84. The van der Waals surface area contributed by atoms with E-state index in [1.165, 1.54) is 5.56 Å². The summed E-state index contributed by atoms with van der Waals surface area (Å²) in [4.78, 5) is 14.0. The van der Waals surface area contributed by atoms with Gasteiger partial charge in [-0.05, 0) is 31.0 Å². The van der Waals surface area contributed by atoms with Crippen LogP contribution in [-0.2, 0) is 0 Å². The van der Waals surface area contributed by atoms with Crippen LogP contribution in [0, 0.1) is 0 Å². The first kappa shape index (κ1) is 13.9. The number of carbonyl (C=O) groups is 1. The van der Waals surface area contributed by atoms with Crippen LogP contribution in [0.2, 0.25) is 0 Å². The largest absolute Gasteiger partial charge is 0.338 e. The molecule has 0 aliphatic carbocycles. The Balaban J connectivity index is 2.20. The number of para-hydroxylation sites is 1. The van der Waals surface area contributed by atoms with Gasteiger partial charge in [0, 0.05) is 19.1 Å². The minimum Gasteiger partial charge on any atom is -0.338 e. The quantitative estimate of drug-likeness (QED) is 0.875. The summed E-state index contributed by atoms with van der Waals surface area (Å²) in [6, 6.07) is 8.55. The highest BCUT2D eigenvalue weighted by atomic mass is 16.2. The molecular weight excluding hydrogens is 238 g/mol. The first-order chi connectivity index (χ1) is 9.27. The number of hydrogen-bond acceptors (Lipinski definition) is 2. The third kappa shape index (κ3) is 3.07. The Kier molecular flexibility index (Phi) is 4.80. The van der Waals surface area contributed by atoms with Gasteiger partial charge in [-0.2, -0.15) is 0 Å². The molecule has 1 aliphatic rings. The van der Waals surface area contributed by atoms with E-state index in [4.69, 9.17) is 0 Å². The fraction of sp³-hybridized carbons (Fsp3) is 0.533. The molecule has 1 unspecified atom stereocenters. The third-order valence-corrected chi connectivity index (χ3v) is 3.47. The predicted octanol–water partition coefficient (Wildman–Crippen LogP) is 2.67. The van der Waals surface area contributed by atoms with Gasteiger partial charge in [-0.15, -0.1) is 0 Å². The first-order valence-corrected chi connectivity index (χ1v) is 7.15. The van der Waals surface area contributed by atoms with Crippen LogP contribution >= 0.6 is 0 Å². The number of rotatable bonds is 4. The lowest BCUT2D eigenvalue weighted by Crippen LogP contribution is -2.45. The summed E-state index contributed by atoms with van der Waals surface area (Å²) in [7, 11) is 0. The average molecular weight is 261 g/mol. The van der Waals surface area contributed by atoms with E-state index in [0.717, 1.165) is 38.2 Å². The molecule has 19 heavy (non-hydrogen) atoms. The van der Waals surface area contributed by atoms with Gasteiger partial charge in [-0.3, -0.25) is 4.90 Å². The summed E-state index contributed by atoms with van der Waals surface area (Å²) >= 11 is 0. The summed E-state index contributed by atoms with van der Waals surface area (Å²) in [5.41, 5.74) is 2.26. The molecule has 0 saturated carbocycles. The topological polar surface area (TPSA) is 44.4 Å². The van der Waals surface area contributed by atoms with Crippen LogP contribution in [0.5, 0.6) is 0 Å². The molecule has 0 radical (unpaired) electrons. The number of urea groups is 1. The van der Waals surface area contributed by atoms with Gasteiger partial charge in [0.05, 0.1) is 5.69 Å². The molecule has 0 bridgehead atoms. The van der Waals surface area contributed by atoms with Crippen LogP contribution in [-0.4, -0.2) is 25.7 Å². The van der Waals surface area contributed by atoms with E-state index in [-0.39, 0.29) is 6.03 Å². The summed E-state index contributed by atoms with van der Waals surface area (Å²) in [6.07, 6.45) is 1.92. The summed E-state index contributed by atoms with van der Waals surface area (Å²) in [5, 5.41) is 6.44. The Hall–Kier alpha value is -1.55. The maximum atomic E-state index is 12.2. The number of benzene rings is 1. The lowest BCUT2D eigenvalue weighted by molar-refractivity contribution is 0.245. The SMILES string of the molecule is CCCNC(=O)N1CCC(NCC)c2ccccc21. The lowest BCUT2D eigenvalue weighted by Gasteiger charge is -2.34. The average Bonchev–Trinajstić information content (AvgIpc) is 2.45. The Morgan fingerprint density at radius 3 is 2.89 bits per heavy atom.